The maximum absolute atomic E-state index is 10.9. The number of benzene rings is 1. The summed E-state index contributed by atoms with van der Waals surface area (Å²) < 4.78 is 0.823. The van der Waals surface area contributed by atoms with Crippen LogP contribution in [0.25, 0.3) is 0 Å². The Bertz CT molecular complexity index is 400. The summed E-state index contributed by atoms with van der Waals surface area (Å²) in [6.45, 7) is 0. The maximum Gasteiger partial charge on any atom is 0.335 e. The fourth-order valence-electron chi connectivity index (χ4n) is 1.21. The summed E-state index contributed by atoms with van der Waals surface area (Å²) in [6, 6.07) is 4.97. The van der Waals surface area contributed by atoms with Crippen molar-refractivity contribution < 1.29 is 19.8 Å². The van der Waals surface area contributed by atoms with Gasteiger partial charge in [0.15, 0.2) is 0 Å². The Kier molecular flexibility index (Phi) is 4.07. The molecule has 0 amide bonds. The van der Waals surface area contributed by atoms with Gasteiger partial charge in [-0.1, -0.05) is 6.07 Å². The molecule has 80 valence electrons. The largest absolute Gasteiger partial charge is 0.481 e. The van der Waals surface area contributed by atoms with Crippen molar-refractivity contribution in [1.82, 2.24) is 0 Å². The fraction of sp³-hybridized carbons (Fsp3) is 0.200. The molecule has 0 heterocycles. The zero-order chi connectivity index (χ0) is 11.4. The summed E-state index contributed by atoms with van der Waals surface area (Å²) in [5, 5.41) is 17.4. The molecule has 1 aromatic rings. The second-order valence-corrected chi connectivity index (χ2v) is 4.25. The van der Waals surface area contributed by atoms with Gasteiger partial charge in [-0.25, -0.2) is 4.79 Å². The van der Waals surface area contributed by atoms with Crippen molar-refractivity contribution in [3.05, 3.63) is 32.9 Å². The summed E-state index contributed by atoms with van der Waals surface area (Å²) in [4.78, 5) is 21.2. The number of hydrogen-bond donors (Lipinski definition) is 2. The highest BCUT2D eigenvalue weighted by atomic mass is 127. The predicted molar refractivity (Wildman–Crippen MR) is 62.1 cm³/mol. The highest BCUT2D eigenvalue weighted by Crippen LogP contribution is 2.15. The van der Waals surface area contributed by atoms with Crippen LogP contribution in [-0.4, -0.2) is 22.2 Å². The van der Waals surface area contributed by atoms with Crippen LogP contribution in [0.2, 0.25) is 0 Å². The molecule has 1 aromatic carbocycles. The minimum Gasteiger partial charge on any atom is -0.481 e. The number of rotatable bonds is 4. The van der Waals surface area contributed by atoms with Gasteiger partial charge in [-0.05, 0) is 46.7 Å². The number of aryl methyl sites for hydroxylation is 1. The van der Waals surface area contributed by atoms with Gasteiger partial charge in [0.25, 0.3) is 0 Å². The van der Waals surface area contributed by atoms with E-state index in [0.29, 0.717) is 5.56 Å². The summed E-state index contributed by atoms with van der Waals surface area (Å²) in [7, 11) is 0. The van der Waals surface area contributed by atoms with Crippen LogP contribution in [0.4, 0.5) is 0 Å². The SMILES string of the molecule is O=C(O)CCc1ccc(I)cc1C(=O)O. The minimum atomic E-state index is -1.02. The molecule has 0 aliphatic rings. The topological polar surface area (TPSA) is 74.6 Å². The molecule has 0 spiro atoms. The first kappa shape index (κ1) is 12.0. The van der Waals surface area contributed by atoms with Gasteiger partial charge in [0, 0.05) is 9.99 Å². The quantitative estimate of drug-likeness (QED) is 0.832. The molecule has 1 rings (SSSR count). The first-order chi connectivity index (χ1) is 7.00. The second kappa shape index (κ2) is 5.11. The zero-order valence-electron chi connectivity index (χ0n) is 7.74. The molecule has 0 atom stereocenters. The molecule has 0 saturated carbocycles. The lowest BCUT2D eigenvalue weighted by atomic mass is 10.0. The summed E-state index contributed by atoms with van der Waals surface area (Å²) in [5.74, 6) is -1.95. The standard InChI is InChI=1S/C10H9IO4/c11-7-3-1-6(2-4-9(12)13)8(5-7)10(14)15/h1,3,5H,2,4H2,(H,12,13)(H,14,15). The molecular weight excluding hydrogens is 311 g/mol. The van der Waals surface area contributed by atoms with Crippen molar-refractivity contribution in [3.8, 4) is 0 Å². The number of carboxylic acids is 2. The third-order valence-corrected chi connectivity index (χ3v) is 2.58. The number of carboxylic acid groups (broad SMARTS) is 2. The molecule has 0 unspecified atom stereocenters. The highest BCUT2D eigenvalue weighted by molar-refractivity contribution is 14.1. The third-order valence-electron chi connectivity index (χ3n) is 1.91. The summed E-state index contributed by atoms with van der Waals surface area (Å²) >= 11 is 2.02. The van der Waals surface area contributed by atoms with Crippen LogP contribution in [0.1, 0.15) is 22.3 Å². The van der Waals surface area contributed by atoms with Crippen LogP contribution in [0, 0.1) is 3.57 Å². The average Bonchev–Trinajstić information content (AvgIpc) is 2.15. The van der Waals surface area contributed by atoms with Crippen molar-refractivity contribution in [2.24, 2.45) is 0 Å². The Hall–Kier alpha value is -1.11. The lowest BCUT2D eigenvalue weighted by molar-refractivity contribution is -0.136. The van der Waals surface area contributed by atoms with Gasteiger partial charge in [0.05, 0.1) is 5.56 Å². The van der Waals surface area contributed by atoms with Crippen molar-refractivity contribution in [2.45, 2.75) is 12.8 Å². The third kappa shape index (κ3) is 3.50. The molecular formula is C10H9IO4. The smallest absolute Gasteiger partial charge is 0.335 e. The van der Waals surface area contributed by atoms with Crippen LogP contribution < -0.4 is 0 Å². The van der Waals surface area contributed by atoms with E-state index in [9.17, 15) is 9.59 Å². The van der Waals surface area contributed by atoms with Gasteiger partial charge in [-0.3, -0.25) is 4.79 Å². The number of carbonyl (C=O) groups is 2. The lowest BCUT2D eigenvalue weighted by Gasteiger charge is -2.04. The molecule has 0 aliphatic carbocycles. The van der Waals surface area contributed by atoms with E-state index >= 15 is 0 Å². The van der Waals surface area contributed by atoms with Gasteiger partial charge >= 0.3 is 11.9 Å². The first-order valence-electron chi connectivity index (χ1n) is 4.24. The Balaban J connectivity index is 2.95. The molecule has 2 N–H and O–H groups in total. The Labute approximate surface area is 100 Å². The Morgan fingerprint density at radius 2 is 1.93 bits per heavy atom. The monoisotopic (exact) mass is 320 g/mol. The zero-order valence-corrected chi connectivity index (χ0v) is 9.89. The highest BCUT2D eigenvalue weighted by Gasteiger charge is 2.11. The molecule has 15 heavy (non-hydrogen) atoms. The van der Waals surface area contributed by atoms with E-state index < -0.39 is 11.9 Å². The van der Waals surface area contributed by atoms with E-state index in [1.165, 1.54) is 0 Å². The van der Waals surface area contributed by atoms with Gasteiger partial charge in [-0.2, -0.15) is 0 Å². The van der Waals surface area contributed by atoms with Gasteiger partial charge in [0.2, 0.25) is 0 Å². The number of hydrogen-bond acceptors (Lipinski definition) is 2. The molecule has 0 bridgehead atoms. The van der Waals surface area contributed by atoms with Gasteiger partial charge in [-0.15, -0.1) is 0 Å². The van der Waals surface area contributed by atoms with Crippen LogP contribution in [0.3, 0.4) is 0 Å². The Morgan fingerprint density at radius 3 is 2.47 bits per heavy atom. The molecule has 5 heteroatoms. The second-order valence-electron chi connectivity index (χ2n) is 3.00. The number of aliphatic carboxylic acids is 1. The molecule has 4 nitrogen and oxygen atoms in total. The molecule has 0 radical (unpaired) electrons. The van der Waals surface area contributed by atoms with Crippen LogP contribution in [0.15, 0.2) is 18.2 Å². The predicted octanol–water partition coefficient (Wildman–Crippen LogP) is 2.01. The fourth-order valence-corrected chi connectivity index (χ4v) is 1.70. The van der Waals surface area contributed by atoms with E-state index in [-0.39, 0.29) is 18.4 Å². The average molecular weight is 320 g/mol. The van der Waals surface area contributed by atoms with Crippen molar-refractivity contribution in [3.63, 3.8) is 0 Å². The van der Waals surface area contributed by atoms with Gasteiger partial charge < -0.3 is 10.2 Å². The minimum absolute atomic E-state index is 0.0547. The van der Waals surface area contributed by atoms with Crippen LogP contribution in [-0.2, 0) is 11.2 Å². The first-order valence-corrected chi connectivity index (χ1v) is 5.32. The molecule has 0 saturated heterocycles. The molecule has 0 aromatic heterocycles. The van der Waals surface area contributed by atoms with Crippen molar-refractivity contribution in [1.29, 1.82) is 0 Å². The lowest BCUT2D eigenvalue weighted by Crippen LogP contribution is -2.05. The van der Waals surface area contributed by atoms with E-state index in [0.717, 1.165) is 3.57 Å². The molecule has 0 fully saturated rings. The summed E-state index contributed by atoms with van der Waals surface area (Å²) in [5.41, 5.74) is 0.744. The van der Waals surface area contributed by atoms with E-state index in [4.69, 9.17) is 10.2 Å². The normalized spacial score (nSPS) is 9.93. The van der Waals surface area contributed by atoms with Crippen molar-refractivity contribution >= 4 is 34.5 Å². The maximum atomic E-state index is 10.9. The van der Waals surface area contributed by atoms with Crippen LogP contribution in [0.5, 0.6) is 0 Å². The van der Waals surface area contributed by atoms with E-state index in [1.807, 2.05) is 22.6 Å². The van der Waals surface area contributed by atoms with Crippen molar-refractivity contribution in [2.75, 3.05) is 0 Å². The Morgan fingerprint density at radius 1 is 1.27 bits per heavy atom. The van der Waals surface area contributed by atoms with Gasteiger partial charge in [0.1, 0.15) is 0 Å². The van der Waals surface area contributed by atoms with E-state index in [2.05, 4.69) is 0 Å². The number of halogens is 1. The van der Waals surface area contributed by atoms with Crippen LogP contribution >= 0.6 is 22.6 Å². The number of aromatic carboxylic acids is 1. The summed E-state index contributed by atoms with van der Waals surface area (Å²) in [6.07, 6.45) is 0.189. The van der Waals surface area contributed by atoms with E-state index in [1.54, 1.807) is 18.2 Å². The molecule has 0 aliphatic heterocycles.